The van der Waals surface area contributed by atoms with Gasteiger partial charge in [-0.05, 0) is 70.6 Å². The van der Waals surface area contributed by atoms with Gasteiger partial charge in [-0.25, -0.2) is 4.79 Å². The van der Waals surface area contributed by atoms with Crippen molar-refractivity contribution < 1.29 is 42.9 Å². The molecular weight excluding hydrogens is 658 g/mol. The molecule has 0 aromatic rings. The Labute approximate surface area is 316 Å². The van der Waals surface area contributed by atoms with E-state index in [2.05, 4.69) is 74.6 Å². The Hall–Kier alpha value is -3.01. The number of esters is 2. The lowest BCUT2D eigenvalue weighted by atomic mass is 10.1. The van der Waals surface area contributed by atoms with Crippen LogP contribution < -0.4 is 0 Å². The normalized spacial score (nSPS) is 13.6. The summed E-state index contributed by atoms with van der Waals surface area (Å²) in [5, 5.41) is 9.59. The van der Waals surface area contributed by atoms with Crippen molar-refractivity contribution >= 4 is 17.9 Å². The van der Waals surface area contributed by atoms with Gasteiger partial charge in [0.2, 0.25) is 0 Å². The number of hydrogen-bond donors (Lipinski definition) is 1. The summed E-state index contributed by atoms with van der Waals surface area (Å²) in [7, 11) is 5.92. The molecule has 0 amide bonds. The highest BCUT2D eigenvalue weighted by Crippen LogP contribution is 2.11. The smallest absolute Gasteiger partial charge is 0.361 e. The van der Waals surface area contributed by atoms with Gasteiger partial charge in [-0.1, -0.05) is 113 Å². The Morgan fingerprint density at radius 2 is 1.10 bits per heavy atom. The average Bonchev–Trinajstić information content (AvgIpc) is 3.09. The SMILES string of the molecule is CC/C=C\C/C=C\C/C=C\CCCCCC(=O)OC(COC(=O)CCCCCCC/C=C\C/C=C\CCCC)COC(OCC[N+](C)(C)C)C(=O)O. The summed E-state index contributed by atoms with van der Waals surface area (Å²) in [6.45, 7) is 4.62. The van der Waals surface area contributed by atoms with E-state index in [-0.39, 0.29) is 38.6 Å². The monoisotopic (exact) mass is 733 g/mol. The quantitative estimate of drug-likeness (QED) is 0.0226. The average molecular weight is 733 g/mol. The first-order chi connectivity index (χ1) is 25.1. The van der Waals surface area contributed by atoms with Crippen molar-refractivity contribution in [2.45, 2.75) is 148 Å². The van der Waals surface area contributed by atoms with Gasteiger partial charge in [0.25, 0.3) is 6.29 Å². The molecule has 0 rings (SSSR count). The molecule has 1 N–H and O–H groups in total. The third-order valence-electron chi connectivity index (χ3n) is 8.01. The van der Waals surface area contributed by atoms with E-state index >= 15 is 0 Å². The van der Waals surface area contributed by atoms with Crippen molar-refractivity contribution in [1.82, 2.24) is 0 Å². The van der Waals surface area contributed by atoms with Crippen LogP contribution in [0.15, 0.2) is 60.8 Å². The summed E-state index contributed by atoms with van der Waals surface area (Å²) in [6, 6.07) is 0. The van der Waals surface area contributed by atoms with E-state index in [0.29, 0.717) is 17.4 Å². The lowest BCUT2D eigenvalue weighted by molar-refractivity contribution is -0.870. The number of hydrogen-bond acceptors (Lipinski definition) is 7. The van der Waals surface area contributed by atoms with Crippen molar-refractivity contribution in [1.29, 1.82) is 0 Å². The molecule has 9 heteroatoms. The molecule has 0 aliphatic heterocycles. The molecule has 0 radical (unpaired) electrons. The van der Waals surface area contributed by atoms with Crippen LogP contribution in [-0.2, 0) is 33.3 Å². The molecule has 298 valence electrons. The number of aliphatic carboxylic acids is 1. The maximum absolute atomic E-state index is 12.7. The Kier molecular flexibility index (Phi) is 33.0. The first-order valence-corrected chi connectivity index (χ1v) is 20.0. The largest absolute Gasteiger partial charge is 0.477 e. The number of likely N-dealkylation sites (N-methyl/N-ethyl adjacent to an activating group) is 1. The van der Waals surface area contributed by atoms with Gasteiger partial charge in [0.1, 0.15) is 13.2 Å². The summed E-state index contributed by atoms with van der Waals surface area (Å²) < 4.78 is 22.6. The number of allylic oxidation sites excluding steroid dienone is 10. The maximum Gasteiger partial charge on any atom is 0.361 e. The van der Waals surface area contributed by atoms with Crippen molar-refractivity contribution in [2.24, 2.45) is 0 Å². The van der Waals surface area contributed by atoms with Crippen LogP contribution in [0, 0.1) is 0 Å². The van der Waals surface area contributed by atoms with Crippen molar-refractivity contribution in [3.8, 4) is 0 Å². The number of carboxylic acid groups (broad SMARTS) is 1. The van der Waals surface area contributed by atoms with Gasteiger partial charge in [-0.3, -0.25) is 9.59 Å². The molecule has 9 nitrogen and oxygen atoms in total. The molecule has 0 saturated carbocycles. The third-order valence-corrected chi connectivity index (χ3v) is 8.01. The summed E-state index contributed by atoms with van der Waals surface area (Å²) in [5.74, 6) is -2.08. The fourth-order valence-corrected chi connectivity index (χ4v) is 4.86. The molecule has 2 unspecified atom stereocenters. The Balaban J connectivity index is 4.60. The van der Waals surface area contributed by atoms with E-state index in [9.17, 15) is 19.5 Å². The topological polar surface area (TPSA) is 108 Å². The van der Waals surface area contributed by atoms with Gasteiger partial charge in [-0.2, -0.15) is 0 Å². The van der Waals surface area contributed by atoms with Crippen molar-refractivity contribution in [3.05, 3.63) is 60.8 Å². The fourth-order valence-electron chi connectivity index (χ4n) is 4.86. The van der Waals surface area contributed by atoms with Crippen LogP contribution in [0.3, 0.4) is 0 Å². The van der Waals surface area contributed by atoms with Crippen LogP contribution >= 0.6 is 0 Å². The second-order valence-electron chi connectivity index (χ2n) is 14.2. The highest BCUT2D eigenvalue weighted by molar-refractivity contribution is 5.71. The second-order valence-corrected chi connectivity index (χ2v) is 14.2. The summed E-state index contributed by atoms with van der Waals surface area (Å²) in [4.78, 5) is 36.9. The molecule has 0 heterocycles. The van der Waals surface area contributed by atoms with Crippen LogP contribution in [0.4, 0.5) is 0 Å². The molecule has 0 saturated heterocycles. The van der Waals surface area contributed by atoms with Crippen LogP contribution in [0.25, 0.3) is 0 Å². The highest BCUT2D eigenvalue weighted by atomic mass is 16.7. The number of unbranched alkanes of at least 4 members (excludes halogenated alkanes) is 10. The molecule has 0 bridgehead atoms. The van der Waals surface area contributed by atoms with E-state index in [1.54, 1.807) is 0 Å². The molecule has 0 fully saturated rings. The zero-order chi connectivity index (χ0) is 38.5. The van der Waals surface area contributed by atoms with E-state index in [4.69, 9.17) is 18.9 Å². The lowest BCUT2D eigenvalue weighted by Crippen LogP contribution is -2.40. The molecule has 0 aliphatic carbocycles. The molecule has 0 aromatic carbocycles. The molecule has 0 spiro atoms. The zero-order valence-corrected chi connectivity index (χ0v) is 33.4. The fraction of sp³-hybridized carbons (Fsp3) is 0.698. The van der Waals surface area contributed by atoms with Gasteiger partial charge in [-0.15, -0.1) is 0 Å². The third kappa shape index (κ3) is 35.4. The molecule has 0 aromatic heterocycles. The Morgan fingerprint density at radius 3 is 1.65 bits per heavy atom. The van der Waals surface area contributed by atoms with E-state index in [1.807, 2.05) is 21.1 Å². The minimum absolute atomic E-state index is 0.177. The van der Waals surface area contributed by atoms with Crippen molar-refractivity contribution in [2.75, 3.05) is 47.5 Å². The van der Waals surface area contributed by atoms with Crippen LogP contribution in [-0.4, -0.2) is 87.4 Å². The molecule has 52 heavy (non-hydrogen) atoms. The number of carboxylic acids is 1. The minimum atomic E-state index is -1.52. The van der Waals surface area contributed by atoms with Crippen LogP contribution in [0.1, 0.15) is 136 Å². The van der Waals surface area contributed by atoms with Gasteiger partial charge < -0.3 is 28.5 Å². The zero-order valence-electron chi connectivity index (χ0n) is 33.4. The van der Waals surface area contributed by atoms with E-state index in [1.165, 1.54) is 12.8 Å². The van der Waals surface area contributed by atoms with E-state index in [0.717, 1.165) is 89.9 Å². The number of carbonyl (C=O) groups is 3. The molecular formula is C43H74NO8+. The van der Waals surface area contributed by atoms with E-state index < -0.39 is 24.3 Å². The van der Waals surface area contributed by atoms with Gasteiger partial charge >= 0.3 is 17.9 Å². The predicted molar refractivity (Wildman–Crippen MR) is 212 cm³/mol. The number of nitrogens with zero attached hydrogens (tertiary/aromatic N) is 1. The number of rotatable bonds is 35. The van der Waals surface area contributed by atoms with Crippen molar-refractivity contribution in [3.63, 3.8) is 0 Å². The van der Waals surface area contributed by atoms with Crippen LogP contribution in [0.2, 0.25) is 0 Å². The standard InChI is InChI=1S/C43H73NO8/c1-6-8-10-12-14-16-18-20-22-23-25-27-29-31-33-40(45)50-37-39(38-51-43(42(47)48)49-36-35-44(3,4)5)52-41(46)34-32-30-28-26-24-21-19-17-15-13-11-9-7-2/h9,11-12,14-15,17-18,20-21,24,39,43H,6-8,10,13,16,19,22-23,25-38H2,1-5H3/p+1/b11-9-,14-12-,17-15-,20-18-,24-21-. The number of ether oxygens (including phenoxy) is 4. The lowest BCUT2D eigenvalue weighted by Gasteiger charge is -2.25. The summed E-state index contributed by atoms with van der Waals surface area (Å²) >= 11 is 0. The highest BCUT2D eigenvalue weighted by Gasteiger charge is 2.25. The maximum atomic E-state index is 12.7. The van der Waals surface area contributed by atoms with Gasteiger partial charge in [0.15, 0.2) is 6.10 Å². The second kappa shape index (κ2) is 35.0. The van der Waals surface area contributed by atoms with Crippen LogP contribution in [0.5, 0.6) is 0 Å². The summed E-state index contributed by atoms with van der Waals surface area (Å²) in [5.41, 5.74) is 0. The first-order valence-electron chi connectivity index (χ1n) is 20.0. The number of carbonyl (C=O) groups excluding carboxylic acids is 2. The predicted octanol–water partition coefficient (Wildman–Crippen LogP) is 9.82. The minimum Gasteiger partial charge on any atom is -0.477 e. The Morgan fingerprint density at radius 1 is 0.596 bits per heavy atom. The van der Waals surface area contributed by atoms with Gasteiger partial charge in [0.05, 0.1) is 34.4 Å². The molecule has 0 aliphatic rings. The summed E-state index contributed by atoms with van der Waals surface area (Å²) in [6.07, 6.45) is 37.1. The Bertz CT molecular complexity index is 1040. The number of quaternary nitrogens is 1. The first kappa shape index (κ1) is 49.0. The molecule has 2 atom stereocenters. The van der Waals surface area contributed by atoms with Gasteiger partial charge in [0, 0.05) is 12.8 Å².